The van der Waals surface area contributed by atoms with Gasteiger partial charge >= 0.3 is 0 Å². The third-order valence-corrected chi connectivity index (χ3v) is 3.46. The van der Waals surface area contributed by atoms with E-state index in [1.165, 1.54) is 0 Å². The van der Waals surface area contributed by atoms with Crippen LogP contribution in [0, 0.1) is 0 Å². The smallest absolute Gasteiger partial charge is 0.255 e. The lowest BCUT2D eigenvalue weighted by molar-refractivity contribution is 0.0706. The van der Waals surface area contributed by atoms with Gasteiger partial charge in [-0.25, -0.2) is 9.50 Å². The number of carbonyl (C=O) groups excluding carboxylic acids is 1. The van der Waals surface area contributed by atoms with Crippen molar-refractivity contribution in [1.82, 2.24) is 19.5 Å². The Balaban J connectivity index is 0.00000105. The number of ether oxygens (including phenoxy) is 2. The van der Waals surface area contributed by atoms with Crippen molar-refractivity contribution in [3.05, 3.63) is 29.7 Å². The van der Waals surface area contributed by atoms with Crippen LogP contribution in [-0.4, -0.2) is 66.4 Å². The number of hydrogen-bond acceptors (Lipinski definition) is 6. The van der Waals surface area contributed by atoms with Crippen LogP contribution in [0.25, 0.3) is 11.7 Å². The molecule has 2 aromatic heterocycles. The molecule has 1 amide bonds. The highest BCUT2D eigenvalue weighted by Gasteiger charge is 2.17. The second kappa shape index (κ2) is 11.2. The van der Waals surface area contributed by atoms with Gasteiger partial charge in [-0.05, 0) is 25.5 Å². The van der Waals surface area contributed by atoms with Gasteiger partial charge in [-0.3, -0.25) is 4.79 Å². The molecule has 144 valence electrons. The Morgan fingerprint density at radius 2 is 2.04 bits per heavy atom. The van der Waals surface area contributed by atoms with E-state index >= 15 is 0 Å². The van der Waals surface area contributed by atoms with Crippen LogP contribution in [0.2, 0.25) is 0 Å². The number of aromatic nitrogens is 3. The fourth-order valence-electron chi connectivity index (χ4n) is 2.23. The average molecular weight is 363 g/mol. The molecule has 0 saturated heterocycles. The molecule has 0 aromatic carbocycles. The van der Waals surface area contributed by atoms with Gasteiger partial charge < -0.3 is 20.1 Å². The molecule has 8 heteroatoms. The number of pyridine rings is 1. The first-order valence-corrected chi connectivity index (χ1v) is 8.53. The van der Waals surface area contributed by atoms with E-state index in [1.807, 2.05) is 26.0 Å². The number of methoxy groups -OCH3 is 2. The number of likely N-dealkylation sites (N-methyl/N-ethyl adjacent to an activating group) is 1. The van der Waals surface area contributed by atoms with Crippen molar-refractivity contribution >= 4 is 23.3 Å². The molecular formula is C18H29N5O3. The van der Waals surface area contributed by atoms with Crippen molar-refractivity contribution in [3.63, 3.8) is 0 Å². The monoisotopic (exact) mass is 363 g/mol. The van der Waals surface area contributed by atoms with Crippen LogP contribution in [0.3, 0.4) is 0 Å². The number of fused-ring (bicyclic) bond motifs is 1. The normalized spacial score (nSPS) is 10.8. The van der Waals surface area contributed by atoms with Crippen molar-refractivity contribution in [2.45, 2.75) is 20.3 Å². The zero-order valence-electron chi connectivity index (χ0n) is 16.2. The first-order valence-electron chi connectivity index (χ1n) is 8.53. The highest BCUT2D eigenvalue weighted by atomic mass is 16.5. The van der Waals surface area contributed by atoms with Gasteiger partial charge in [-0.1, -0.05) is 13.0 Å². The summed E-state index contributed by atoms with van der Waals surface area (Å²) in [5.74, 6) is 0.481. The summed E-state index contributed by atoms with van der Waals surface area (Å²) in [4.78, 5) is 18.7. The van der Waals surface area contributed by atoms with Crippen molar-refractivity contribution in [2.75, 3.05) is 46.8 Å². The molecular weight excluding hydrogens is 334 g/mol. The zero-order valence-corrected chi connectivity index (χ0v) is 16.2. The molecule has 0 atom stereocenters. The minimum absolute atomic E-state index is 0.0979. The summed E-state index contributed by atoms with van der Waals surface area (Å²) in [6.45, 7) is 5.59. The van der Waals surface area contributed by atoms with E-state index in [9.17, 15) is 4.79 Å². The lowest BCUT2D eigenvalue weighted by atomic mass is 10.2. The summed E-state index contributed by atoms with van der Waals surface area (Å²) in [6.07, 6.45) is 6.38. The minimum Gasteiger partial charge on any atom is -0.396 e. The molecule has 2 rings (SSSR count). The highest BCUT2D eigenvalue weighted by molar-refractivity contribution is 5.95. The lowest BCUT2D eigenvalue weighted by Gasteiger charge is -2.20. The van der Waals surface area contributed by atoms with Crippen LogP contribution in [0.1, 0.15) is 36.5 Å². The topological polar surface area (TPSA) is 95.0 Å². The fraction of sp³-hybridized carbons (Fsp3) is 0.500. The number of carbonyl (C=O) groups is 1. The molecule has 0 spiro atoms. The minimum atomic E-state index is -0.0979. The second-order valence-electron chi connectivity index (χ2n) is 5.52. The van der Waals surface area contributed by atoms with Gasteiger partial charge in [0.05, 0.1) is 17.9 Å². The molecule has 0 bridgehead atoms. The van der Waals surface area contributed by atoms with Crippen LogP contribution >= 0.6 is 0 Å². The molecule has 2 N–H and O–H groups in total. The molecule has 0 aliphatic carbocycles. The van der Waals surface area contributed by atoms with Crippen molar-refractivity contribution in [1.29, 1.82) is 0 Å². The van der Waals surface area contributed by atoms with Crippen LogP contribution in [0.15, 0.2) is 18.3 Å². The van der Waals surface area contributed by atoms with Crippen LogP contribution in [-0.2, 0) is 9.47 Å². The van der Waals surface area contributed by atoms with E-state index < -0.39 is 0 Å². The van der Waals surface area contributed by atoms with Gasteiger partial charge in [0.1, 0.15) is 0 Å². The maximum atomic E-state index is 12.6. The zero-order chi connectivity index (χ0) is 19.5. The predicted octanol–water partition coefficient (Wildman–Crippen LogP) is 2.11. The average Bonchev–Trinajstić information content (AvgIpc) is 3.04. The second-order valence-corrected chi connectivity index (χ2v) is 5.52. The van der Waals surface area contributed by atoms with Gasteiger partial charge in [0, 0.05) is 40.6 Å². The van der Waals surface area contributed by atoms with E-state index in [0.29, 0.717) is 42.4 Å². The molecule has 0 fully saturated rings. The highest BCUT2D eigenvalue weighted by Crippen LogP contribution is 2.16. The van der Waals surface area contributed by atoms with E-state index in [0.717, 1.165) is 6.42 Å². The Morgan fingerprint density at radius 1 is 1.35 bits per heavy atom. The standard InChI is InChI=1S/C16H23N5O2.C2H6O/c1-4-6-7-14-18-15-13(17)10-12(11-21(15)19-14)16(22)20(5-2)8-9-23-3;1-3-2/h6-7,10-11H,4-5,8-9,17H2,1-3H3;1-2H3/b7-6+;. The van der Waals surface area contributed by atoms with Crippen LogP contribution in [0.5, 0.6) is 0 Å². The third kappa shape index (κ3) is 5.82. The van der Waals surface area contributed by atoms with Crippen LogP contribution in [0.4, 0.5) is 5.69 Å². The number of allylic oxidation sites excluding steroid dienone is 1. The first kappa shape index (κ1) is 21.6. The molecule has 0 radical (unpaired) electrons. The number of hydrogen-bond donors (Lipinski definition) is 1. The Kier molecular flexibility index (Phi) is 9.32. The van der Waals surface area contributed by atoms with Crippen LogP contribution < -0.4 is 5.73 Å². The number of rotatable bonds is 7. The van der Waals surface area contributed by atoms with E-state index in [1.54, 1.807) is 43.0 Å². The van der Waals surface area contributed by atoms with Gasteiger partial charge in [-0.15, -0.1) is 5.10 Å². The molecule has 8 nitrogen and oxygen atoms in total. The number of nitrogens with zero attached hydrogens (tertiary/aromatic N) is 4. The lowest BCUT2D eigenvalue weighted by Crippen LogP contribution is -2.33. The third-order valence-electron chi connectivity index (χ3n) is 3.46. The number of anilines is 1. The number of amides is 1. The van der Waals surface area contributed by atoms with Gasteiger partial charge in [-0.2, -0.15) is 0 Å². The number of nitrogens with two attached hydrogens (primary N) is 1. The molecule has 2 aromatic rings. The summed E-state index contributed by atoms with van der Waals surface area (Å²) >= 11 is 0. The van der Waals surface area contributed by atoms with E-state index in [2.05, 4.69) is 14.8 Å². The Hall–Kier alpha value is -2.45. The summed E-state index contributed by atoms with van der Waals surface area (Å²) in [7, 11) is 4.86. The van der Waals surface area contributed by atoms with E-state index in [4.69, 9.17) is 10.5 Å². The predicted molar refractivity (Wildman–Crippen MR) is 103 cm³/mol. The van der Waals surface area contributed by atoms with Gasteiger partial charge in [0.25, 0.3) is 5.91 Å². The largest absolute Gasteiger partial charge is 0.396 e. The molecule has 2 heterocycles. The SMILES string of the molecule is CC/C=C/c1nc2c(N)cc(C(=O)N(CC)CCOC)cn2n1.COC. The maximum absolute atomic E-state index is 12.6. The fourth-order valence-corrected chi connectivity index (χ4v) is 2.23. The van der Waals surface area contributed by atoms with Gasteiger partial charge in [0.15, 0.2) is 11.5 Å². The first-order chi connectivity index (χ1) is 12.5. The molecule has 0 unspecified atom stereocenters. The Labute approximate surface area is 154 Å². The summed E-state index contributed by atoms with van der Waals surface area (Å²) in [6, 6.07) is 1.65. The molecule has 0 saturated carbocycles. The Morgan fingerprint density at radius 3 is 2.62 bits per heavy atom. The molecule has 0 aliphatic rings. The Bertz CT molecular complexity index is 727. The quantitative estimate of drug-likeness (QED) is 0.809. The molecule has 0 aliphatic heterocycles. The number of nitrogen functional groups attached to an aromatic ring is 1. The molecule has 26 heavy (non-hydrogen) atoms. The van der Waals surface area contributed by atoms with Crippen molar-refractivity contribution in [3.8, 4) is 0 Å². The maximum Gasteiger partial charge on any atom is 0.255 e. The van der Waals surface area contributed by atoms with E-state index in [-0.39, 0.29) is 5.91 Å². The van der Waals surface area contributed by atoms with Crippen molar-refractivity contribution < 1.29 is 14.3 Å². The summed E-state index contributed by atoms with van der Waals surface area (Å²) < 4.78 is 10.8. The summed E-state index contributed by atoms with van der Waals surface area (Å²) in [5, 5.41) is 4.34. The van der Waals surface area contributed by atoms with Gasteiger partial charge in [0.2, 0.25) is 0 Å². The summed E-state index contributed by atoms with van der Waals surface area (Å²) in [5.41, 5.74) is 7.51. The van der Waals surface area contributed by atoms with Crippen molar-refractivity contribution in [2.24, 2.45) is 0 Å².